The third-order valence-corrected chi connectivity index (χ3v) is 7.13. The third kappa shape index (κ3) is 3.28. The Kier molecular flexibility index (Phi) is 4.83. The first-order chi connectivity index (χ1) is 15.3. The van der Waals surface area contributed by atoms with Crippen LogP contribution in [0, 0.1) is 0 Å². The van der Waals surface area contributed by atoms with Crippen LogP contribution < -0.4 is 4.74 Å². The molecule has 1 aliphatic heterocycles. The highest BCUT2D eigenvalue weighted by Crippen LogP contribution is 2.46. The quantitative estimate of drug-likeness (QED) is 0.449. The van der Waals surface area contributed by atoms with E-state index < -0.39 is 0 Å². The van der Waals surface area contributed by atoms with E-state index in [1.165, 1.54) is 11.5 Å². The van der Waals surface area contributed by atoms with Crippen molar-refractivity contribution >= 4 is 28.8 Å². The number of amides is 1. The largest absolute Gasteiger partial charge is 0.507 e. The van der Waals surface area contributed by atoms with E-state index in [1.807, 2.05) is 54.4 Å². The van der Waals surface area contributed by atoms with Crippen molar-refractivity contribution in [3.05, 3.63) is 52.5 Å². The highest BCUT2D eigenvalue weighted by Gasteiger charge is 2.34. The molecular weight excluding hydrogens is 444 g/mol. The molecule has 1 amide bonds. The van der Waals surface area contributed by atoms with Crippen LogP contribution in [-0.4, -0.2) is 42.7 Å². The number of fused-ring (bicyclic) bond motifs is 3. The number of phenols is 1. The van der Waals surface area contributed by atoms with Gasteiger partial charge in [0.1, 0.15) is 18.1 Å². The van der Waals surface area contributed by atoms with Crippen LogP contribution in [0.3, 0.4) is 0 Å². The Balaban J connectivity index is 1.74. The number of carbonyl (C=O) groups is 1. The van der Waals surface area contributed by atoms with E-state index in [1.54, 1.807) is 35.5 Å². The molecule has 0 saturated heterocycles. The van der Waals surface area contributed by atoms with E-state index in [0.717, 1.165) is 27.4 Å². The van der Waals surface area contributed by atoms with Crippen LogP contribution in [0.4, 0.5) is 0 Å². The second kappa shape index (κ2) is 7.46. The minimum atomic E-state index is -0.352. The predicted molar refractivity (Wildman–Crippen MR) is 126 cm³/mol. The van der Waals surface area contributed by atoms with Crippen LogP contribution in [0.15, 0.2) is 41.2 Å². The van der Waals surface area contributed by atoms with Gasteiger partial charge in [0, 0.05) is 46.9 Å². The van der Waals surface area contributed by atoms with Crippen LogP contribution >= 0.6 is 22.9 Å². The highest BCUT2D eigenvalue weighted by atomic mass is 32.1. The molecular formula is C23H22N4O3S2. The molecule has 7 nitrogen and oxygen atoms in total. The molecule has 1 aromatic carbocycles. The number of thiophene rings is 1. The van der Waals surface area contributed by atoms with E-state index in [9.17, 15) is 9.90 Å². The topological polar surface area (TPSA) is 80.5 Å². The summed E-state index contributed by atoms with van der Waals surface area (Å²) in [5.74, 6) is 0.529. The van der Waals surface area contributed by atoms with Gasteiger partial charge in [-0.3, -0.25) is 4.79 Å². The Morgan fingerprint density at radius 2 is 2.06 bits per heavy atom. The summed E-state index contributed by atoms with van der Waals surface area (Å²) in [6.45, 7) is 6.17. The Hall–Kier alpha value is -3.17. The lowest BCUT2D eigenvalue weighted by molar-refractivity contribution is 0.0646. The number of nitrogens with zero attached hydrogens (tertiary/aromatic N) is 4. The Morgan fingerprint density at radius 3 is 2.72 bits per heavy atom. The number of aromatic nitrogens is 3. The molecule has 4 aromatic rings. The first-order valence-electron chi connectivity index (χ1n) is 10.1. The fraction of sp³-hybridized carbons (Fsp3) is 0.261. The molecule has 0 fully saturated rings. The second-order valence-electron chi connectivity index (χ2n) is 8.63. The van der Waals surface area contributed by atoms with Gasteiger partial charge in [-0.1, -0.05) is 0 Å². The van der Waals surface area contributed by atoms with Crippen LogP contribution in [-0.2, 0) is 6.61 Å². The zero-order valence-corrected chi connectivity index (χ0v) is 19.8. The fourth-order valence-electron chi connectivity index (χ4n) is 3.64. The average molecular weight is 467 g/mol. The fourth-order valence-corrected chi connectivity index (χ4v) is 4.87. The molecule has 1 N–H and O–H groups in total. The number of phenolic OH excluding ortho intramolecular Hbond substituents is 1. The summed E-state index contributed by atoms with van der Waals surface area (Å²) in [6, 6.07) is 7.35. The Labute approximate surface area is 193 Å². The van der Waals surface area contributed by atoms with Gasteiger partial charge in [0.2, 0.25) is 0 Å². The number of ether oxygens (including phenoxy) is 1. The van der Waals surface area contributed by atoms with E-state index in [-0.39, 0.29) is 23.8 Å². The van der Waals surface area contributed by atoms with Crippen LogP contribution in [0.1, 0.15) is 36.8 Å². The molecule has 32 heavy (non-hydrogen) atoms. The lowest BCUT2D eigenvalue weighted by atomic mass is 9.98. The van der Waals surface area contributed by atoms with E-state index in [2.05, 4.69) is 4.37 Å². The molecule has 0 unspecified atom stereocenters. The van der Waals surface area contributed by atoms with Crippen molar-refractivity contribution in [2.45, 2.75) is 32.9 Å². The van der Waals surface area contributed by atoms with Gasteiger partial charge in [-0.05, 0) is 55.9 Å². The molecule has 0 bridgehead atoms. The molecule has 0 aliphatic carbocycles. The lowest BCUT2D eigenvalue weighted by Crippen LogP contribution is -2.43. The first kappa shape index (κ1) is 20.7. The summed E-state index contributed by atoms with van der Waals surface area (Å²) in [5.41, 5.74) is 3.90. The minimum Gasteiger partial charge on any atom is -0.507 e. The number of aromatic hydroxyl groups is 1. The molecule has 9 heteroatoms. The van der Waals surface area contributed by atoms with Gasteiger partial charge in [0.05, 0.1) is 16.3 Å². The predicted octanol–water partition coefficient (Wildman–Crippen LogP) is 5.19. The van der Waals surface area contributed by atoms with Gasteiger partial charge in [-0.15, -0.1) is 0 Å². The third-order valence-electron chi connectivity index (χ3n) is 5.68. The SMILES string of the molecule is CN(C(=O)c1nn(-c2ccsc2)c2c1COc1cc(O)c(-c3ccns3)cc1-2)C(C)(C)C. The molecule has 164 valence electrons. The van der Waals surface area contributed by atoms with E-state index >= 15 is 0 Å². The number of hydrogen-bond donors (Lipinski definition) is 1. The molecule has 1 aliphatic rings. The average Bonchev–Trinajstić information content (AvgIpc) is 3.51. The molecule has 0 atom stereocenters. The summed E-state index contributed by atoms with van der Waals surface area (Å²) < 4.78 is 12.0. The summed E-state index contributed by atoms with van der Waals surface area (Å²) in [6.07, 6.45) is 1.70. The normalized spacial score (nSPS) is 12.8. The summed E-state index contributed by atoms with van der Waals surface area (Å²) >= 11 is 2.87. The summed E-state index contributed by atoms with van der Waals surface area (Å²) in [7, 11) is 1.79. The Morgan fingerprint density at radius 1 is 1.25 bits per heavy atom. The maximum atomic E-state index is 13.4. The van der Waals surface area contributed by atoms with Crippen LogP contribution in [0.5, 0.6) is 11.5 Å². The molecule has 3 aromatic heterocycles. The van der Waals surface area contributed by atoms with Crippen molar-refractivity contribution in [1.29, 1.82) is 0 Å². The number of rotatable bonds is 3. The lowest BCUT2D eigenvalue weighted by Gasteiger charge is -2.31. The van der Waals surface area contributed by atoms with Crippen molar-refractivity contribution in [3.63, 3.8) is 0 Å². The van der Waals surface area contributed by atoms with Gasteiger partial charge >= 0.3 is 0 Å². The number of benzene rings is 1. The smallest absolute Gasteiger partial charge is 0.274 e. The maximum Gasteiger partial charge on any atom is 0.274 e. The monoisotopic (exact) mass is 466 g/mol. The van der Waals surface area contributed by atoms with Crippen molar-refractivity contribution in [3.8, 4) is 38.9 Å². The molecule has 4 heterocycles. The van der Waals surface area contributed by atoms with Gasteiger partial charge in [0.15, 0.2) is 5.69 Å². The summed E-state index contributed by atoms with van der Waals surface area (Å²) in [4.78, 5) is 16.0. The van der Waals surface area contributed by atoms with Crippen molar-refractivity contribution < 1.29 is 14.6 Å². The Bertz CT molecular complexity index is 1300. The van der Waals surface area contributed by atoms with Crippen molar-refractivity contribution in [2.24, 2.45) is 0 Å². The number of hydrogen-bond acceptors (Lipinski definition) is 7. The van der Waals surface area contributed by atoms with E-state index in [4.69, 9.17) is 9.84 Å². The maximum absolute atomic E-state index is 13.4. The molecule has 5 rings (SSSR count). The zero-order chi connectivity index (χ0) is 22.6. The van der Waals surface area contributed by atoms with E-state index in [0.29, 0.717) is 17.0 Å². The standard InChI is InChI=1S/C23H22N4O3S2/c1-23(2,3)26(4)22(29)20-16-11-30-18-10-17(28)14(19-5-7-24-32-19)9-15(18)21(16)27(25-20)13-6-8-31-12-13/h5-10,12,28H,11H2,1-4H3. The highest BCUT2D eigenvalue weighted by molar-refractivity contribution is 7.09. The van der Waals surface area contributed by atoms with Crippen LogP contribution in [0.25, 0.3) is 27.4 Å². The van der Waals surface area contributed by atoms with Gasteiger partial charge < -0.3 is 14.7 Å². The van der Waals surface area contributed by atoms with Gasteiger partial charge in [0.25, 0.3) is 5.91 Å². The number of carbonyl (C=O) groups excluding carboxylic acids is 1. The molecule has 0 radical (unpaired) electrons. The second-order valence-corrected chi connectivity index (χ2v) is 10.2. The zero-order valence-electron chi connectivity index (χ0n) is 18.1. The van der Waals surface area contributed by atoms with Crippen molar-refractivity contribution in [2.75, 3.05) is 7.05 Å². The van der Waals surface area contributed by atoms with Crippen LogP contribution in [0.2, 0.25) is 0 Å². The van der Waals surface area contributed by atoms with Gasteiger partial charge in [-0.2, -0.15) is 16.4 Å². The first-order valence-corrected chi connectivity index (χ1v) is 11.8. The summed E-state index contributed by atoms with van der Waals surface area (Å²) in [5, 5.41) is 19.3. The minimum absolute atomic E-state index is 0.127. The molecule has 0 saturated carbocycles. The molecule has 0 spiro atoms. The van der Waals surface area contributed by atoms with Gasteiger partial charge in [-0.25, -0.2) is 9.06 Å². The van der Waals surface area contributed by atoms with Crippen molar-refractivity contribution in [1.82, 2.24) is 19.1 Å².